The standard InChI is InChI=1S/C20H19F2N3O4/c1-12-4-6-23-7-5-13(15(20(27)29-3)10-25-18(26)8-12)14-9-16(19(21)22)24-11-17(14)28-2/h4-11,19H,1-3H3,(H,25,26). The van der Waals surface area contributed by atoms with Gasteiger partial charge in [-0.2, -0.15) is 0 Å². The number of nitrogens with zero attached hydrogens (tertiary/aromatic N) is 2. The molecular weight excluding hydrogens is 384 g/mol. The van der Waals surface area contributed by atoms with E-state index in [0.717, 1.165) is 25.6 Å². The van der Waals surface area contributed by atoms with Crippen molar-refractivity contribution in [1.82, 2.24) is 10.3 Å². The van der Waals surface area contributed by atoms with Gasteiger partial charge < -0.3 is 14.8 Å². The van der Waals surface area contributed by atoms with Crippen molar-refractivity contribution in [2.75, 3.05) is 14.2 Å². The Morgan fingerprint density at radius 1 is 1.28 bits per heavy atom. The van der Waals surface area contributed by atoms with Gasteiger partial charge >= 0.3 is 5.97 Å². The number of rotatable bonds is 4. The molecule has 0 aromatic carbocycles. The molecule has 29 heavy (non-hydrogen) atoms. The third-order valence-electron chi connectivity index (χ3n) is 3.79. The molecule has 1 amide bonds. The van der Waals surface area contributed by atoms with E-state index in [-0.39, 0.29) is 22.5 Å². The molecule has 1 aromatic heterocycles. The first-order valence-corrected chi connectivity index (χ1v) is 8.37. The summed E-state index contributed by atoms with van der Waals surface area (Å²) < 4.78 is 36.4. The predicted octanol–water partition coefficient (Wildman–Crippen LogP) is 3.13. The molecule has 0 bridgehead atoms. The molecule has 0 radical (unpaired) electrons. The molecule has 2 rings (SSSR count). The number of carbonyl (C=O) groups is 2. The zero-order valence-electron chi connectivity index (χ0n) is 16.0. The van der Waals surface area contributed by atoms with Crippen LogP contribution in [0.4, 0.5) is 8.78 Å². The first-order valence-electron chi connectivity index (χ1n) is 8.37. The van der Waals surface area contributed by atoms with Crippen LogP contribution in [0.5, 0.6) is 5.75 Å². The summed E-state index contributed by atoms with van der Waals surface area (Å²) in [6, 6.07) is 1.10. The summed E-state index contributed by atoms with van der Waals surface area (Å²) in [5.41, 5.74) is 0.346. The Bertz CT molecular complexity index is 947. The normalized spacial score (nSPS) is 22.4. The lowest BCUT2D eigenvalue weighted by Crippen LogP contribution is -2.18. The number of methoxy groups -OCH3 is 2. The summed E-state index contributed by atoms with van der Waals surface area (Å²) >= 11 is 0. The van der Waals surface area contributed by atoms with Crippen molar-refractivity contribution in [3.63, 3.8) is 0 Å². The van der Waals surface area contributed by atoms with Gasteiger partial charge in [-0.3, -0.25) is 14.8 Å². The highest BCUT2D eigenvalue weighted by Crippen LogP contribution is 2.33. The van der Waals surface area contributed by atoms with E-state index in [2.05, 4.69) is 15.3 Å². The van der Waals surface area contributed by atoms with Gasteiger partial charge in [-0.25, -0.2) is 13.6 Å². The topological polar surface area (TPSA) is 89.9 Å². The van der Waals surface area contributed by atoms with Crippen molar-refractivity contribution in [3.8, 4) is 5.75 Å². The van der Waals surface area contributed by atoms with Crippen molar-refractivity contribution in [2.24, 2.45) is 4.99 Å². The van der Waals surface area contributed by atoms with Crippen molar-refractivity contribution in [3.05, 3.63) is 65.3 Å². The molecule has 152 valence electrons. The van der Waals surface area contributed by atoms with Crippen LogP contribution in [0.2, 0.25) is 0 Å². The minimum atomic E-state index is -2.83. The molecular formula is C20H19F2N3O4. The van der Waals surface area contributed by atoms with E-state index >= 15 is 0 Å². The van der Waals surface area contributed by atoms with E-state index in [1.165, 1.54) is 31.7 Å². The smallest absolute Gasteiger partial charge is 0.339 e. The van der Waals surface area contributed by atoms with Crippen LogP contribution >= 0.6 is 0 Å². The van der Waals surface area contributed by atoms with Crippen LogP contribution in [0.1, 0.15) is 24.6 Å². The second-order valence-corrected chi connectivity index (χ2v) is 5.75. The summed E-state index contributed by atoms with van der Waals surface area (Å²) in [5.74, 6) is -1.14. The van der Waals surface area contributed by atoms with Crippen LogP contribution in [0.15, 0.2) is 59.0 Å². The molecule has 9 heteroatoms. The fourth-order valence-electron chi connectivity index (χ4n) is 2.40. The Labute approximate surface area is 166 Å². The summed E-state index contributed by atoms with van der Waals surface area (Å²) in [7, 11) is 2.50. The van der Waals surface area contributed by atoms with E-state index < -0.39 is 24.0 Å². The Morgan fingerprint density at radius 2 is 2.03 bits per heavy atom. The number of esters is 1. The first-order chi connectivity index (χ1) is 13.9. The Kier molecular flexibility index (Phi) is 7.53. The Hall–Kier alpha value is -3.62. The Morgan fingerprint density at radius 3 is 2.69 bits per heavy atom. The van der Waals surface area contributed by atoms with Gasteiger partial charge in [0.25, 0.3) is 6.43 Å². The number of alkyl halides is 2. The average Bonchev–Trinajstić information content (AvgIpc) is 2.70. The molecule has 0 spiro atoms. The van der Waals surface area contributed by atoms with Gasteiger partial charge in [0.15, 0.2) is 0 Å². The number of aliphatic imine (C=N–C) groups is 1. The lowest BCUT2D eigenvalue weighted by atomic mass is 9.97. The average molecular weight is 403 g/mol. The zero-order valence-corrected chi connectivity index (χ0v) is 16.0. The number of hydrogen-bond acceptors (Lipinski definition) is 6. The number of allylic oxidation sites excluding steroid dienone is 3. The van der Waals surface area contributed by atoms with Crippen LogP contribution in [-0.4, -0.2) is 37.3 Å². The first kappa shape index (κ1) is 21.7. The molecule has 1 aliphatic rings. The fraction of sp³-hybridized carbons (Fsp3) is 0.200. The number of ether oxygens (including phenoxy) is 2. The molecule has 0 aliphatic carbocycles. The zero-order chi connectivity index (χ0) is 21.4. The van der Waals surface area contributed by atoms with E-state index in [9.17, 15) is 18.4 Å². The molecule has 0 fully saturated rings. The molecule has 0 saturated carbocycles. The van der Waals surface area contributed by atoms with Crippen LogP contribution in [0, 0.1) is 0 Å². The molecule has 1 aliphatic heterocycles. The van der Waals surface area contributed by atoms with Gasteiger partial charge in [-0.05, 0) is 30.7 Å². The van der Waals surface area contributed by atoms with Crippen molar-refractivity contribution < 1.29 is 27.8 Å². The van der Waals surface area contributed by atoms with Crippen LogP contribution < -0.4 is 10.1 Å². The van der Waals surface area contributed by atoms with Crippen LogP contribution in [0.3, 0.4) is 0 Å². The van der Waals surface area contributed by atoms with E-state index in [1.54, 1.807) is 13.0 Å². The molecule has 7 nitrogen and oxygen atoms in total. The van der Waals surface area contributed by atoms with Crippen LogP contribution in [-0.2, 0) is 14.3 Å². The second-order valence-electron chi connectivity index (χ2n) is 5.75. The lowest BCUT2D eigenvalue weighted by molar-refractivity contribution is -0.135. The third kappa shape index (κ3) is 5.68. The third-order valence-corrected chi connectivity index (χ3v) is 3.79. The summed E-state index contributed by atoms with van der Waals surface area (Å²) in [5, 5.41) is 2.47. The van der Waals surface area contributed by atoms with E-state index in [1.807, 2.05) is 0 Å². The van der Waals surface area contributed by atoms with Crippen LogP contribution in [0.25, 0.3) is 5.57 Å². The summed E-state index contributed by atoms with van der Waals surface area (Å²) in [6.45, 7) is 1.71. The fourth-order valence-corrected chi connectivity index (χ4v) is 2.40. The Balaban J connectivity index is 2.73. The minimum Gasteiger partial charge on any atom is -0.494 e. The van der Waals surface area contributed by atoms with Crippen molar-refractivity contribution in [2.45, 2.75) is 13.3 Å². The number of amides is 1. The lowest BCUT2D eigenvalue weighted by Gasteiger charge is -2.15. The van der Waals surface area contributed by atoms with Gasteiger partial charge in [-0.1, -0.05) is 0 Å². The number of carbonyl (C=O) groups excluding carboxylic acids is 2. The number of nitrogens with one attached hydrogen (secondary N) is 1. The quantitative estimate of drug-likeness (QED) is 0.780. The number of pyridine rings is 1. The highest BCUT2D eigenvalue weighted by molar-refractivity contribution is 6.10. The van der Waals surface area contributed by atoms with E-state index in [0.29, 0.717) is 5.57 Å². The maximum absolute atomic E-state index is 13.2. The molecule has 1 aromatic rings. The largest absolute Gasteiger partial charge is 0.494 e. The van der Waals surface area contributed by atoms with Gasteiger partial charge in [0, 0.05) is 35.8 Å². The summed E-state index contributed by atoms with van der Waals surface area (Å²) in [6.07, 6.45) is 6.61. The monoisotopic (exact) mass is 403 g/mol. The molecule has 0 atom stereocenters. The predicted molar refractivity (Wildman–Crippen MR) is 103 cm³/mol. The molecule has 0 unspecified atom stereocenters. The SMILES string of the molecule is COC(=O)C1=C\NC(=O)\C=C(C)/C=C\N=C\C=C/1c1cc(C(F)F)ncc1OC. The second kappa shape index (κ2) is 10.1. The highest BCUT2D eigenvalue weighted by Gasteiger charge is 2.22. The number of halogens is 2. The number of aromatic nitrogens is 1. The van der Waals surface area contributed by atoms with Gasteiger partial charge in [0.1, 0.15) is 11.4 Å². The number of hydrogen-bond donors (Lipinski definition) is 1. The minimum absolute atomic E-state index is 0.0902. The van der Waals surface area contributed by atoms with Gasteiger partial charge in [0.2, 0.25) is 5.91 Å². The summed E-state index contributed by atoms with van der Waals surface area (Å²) in [4.78, 5) is 32.2. The maximum Gasteiger partial charge on any atom is 0.339 e. The van der Waals surface area contributed by atoms with Gasteiger partial charge in [0.05, 0.1) is 26.0 Å². The highest BCUT2D eigenvalue weighted by atomic mass is 19.3. The molecule has 0 saturated heterocycles. The maximum atomic E-state index is 13.2. The van der Waals surface area contributed by atoms with E-state index in [4.69, 9.17) is 9.47 Å². The molecule has 2 heterocycles. The van der Waals surface area contributed by atoms with Crippen molar-refractivity contribution >= 4 is 23.7 Å². The van der Waals surface area contributed by atoms with Gasteiger partial charge in [-0.15, -0.1) is 0 Å². The molecule has 1 N–H and O–H groups in total. The van der Waals surface area contributed by atoms with Crippen molar-refractivity contribution in [1.29, 1.82) is 0 Å².